The summed E-state index contributed by atoms with van der Waals surface area (Å²) in [4.78, 5) is 30.2. The minimum atomic E-state index is -1.25. The van der Waals surface area contributed by atoms with Crippen molar-refractivity contribution < 1.29 is 47.1 Å². The molecule has 2 rings (SSSR count). The van der Waals surface area contributed by atoms with Crippen molar-refractivity contribution in [3.05, 3.63) is 58.7 Å². The fraction of sp³-hybridized carbons (Fsp3) is 0.273. The zero-order chi connectivity index (χ0) is 22.6. The minimum Gasteiger partial charge on any atom is -0.871 e. The smallest absolute Gasteiger partial charge is 0.871 e. The van der Waals surface area contributed by atoms with Gasteiger partial charge in [-0.3, -0.25) is 9.98 Å². The van der Waals surface area contributed by atoms with Crippen LogP contribution in [0.4, 0.5) is 0 Å². The quantitative estimate of drug-likeness (QED) is 0.233. The maximum Gasteiger partial charge on any atom is 2.00 e. The van der Waals surface area contributed by atoms with E-state index in [2.05, 4.69) is 15.3 Å². The monoisotopic (exact) mass is 480 g/mol. The van der Waals surface area contributed by atoms with Gasteiger partial charge in [0.25, 0.3) is 0 Å². The van der Waals surface area contributed by atoms with Gasteiger partial charge in [0.2, 0.25) is 0 Å². The molecule has 0 spiro atoms. The molecule has 0 unspecified atom stereocenters. The molecule has 2 aromatic rings. The Hall–Kier alpha value is -3.20. The van der Waals surface area contributed by atoms with Crippen LogP contribution in [0.15, 0.2) is 46.4 Å². The van der Waals surface area contributed by atoms with Gasteiger partial charge in [-0.1, -0.05) is 35.8 Å². The predicted octanol–water partition coefficient (Wildman–Crippen LogP) is 1.14. The van der Waals surface area contributed by atoms with Crippen molar-refractivity contribution in [2.24, 2.45) is 9.98 Å². The van der Waals surface area contributed by atoms with Gasteiger partial charge in [0, 0.05) is 25.5 Å². The maximum atomic E-state index is 11.9. The van der Waals surface area contributed by atoms with Gasteiger partial charge in [-0.05, 0) is 49.2 Å². The molecule has 0 fully saturated rings. The number of nitrogens with one attached hydrogen (secondary N) is 1. The Morgan fingerprint density at radius 1 is 0.812 bits per heavy atom. The summed E-state index contributed by atoms with van der Waals surface area (Å²) in [6.07, 6.45) is 4.28. The third kappa shape index (κ3) is 8.14. The normalized spacial score (nSPS) is 11.0. The molecule has 0 aromatic heterocycles. The number of carboxylic acids is 2. The van der Waals surface area contributed by atoms with Crippen LogP contribution in [0.5, 0.6) is 11.5 Å². The van der Waals surface area contributed by atoms with Crippen molar-refractivity contribution in [3.8, 4) is 11.5 Å². The summed E-state index contributed by atoms with van der Waals surface area (Å²) >= 11 is 0. The summed E-state index contributed by atoms with van der Waals surface area (Å²) < 4.78 is 0. The molecule has 0 aliphatic carbocycles. The van der Waals surface area contributed by atoms with E-state index in [0.717, 1.165) is 12.8 Å². The van der Waals surface area contributed by atoms with Crippen LogP contribution in [0.3, 0.4) is 0 Å². The van der Waals surface area contributed by atoms with Crippen molar-refractivity contribution in [2.45, 2.75) is 12.8 Å². The van der Waals surface area contributed by atoms with Crippen LogP contribution in [0, 0.1) is 0 Å². The van der Waals surface area contributed by atoms with Gasteiger partial charge >= 0.3 is 29.0 Å². The van der Waals surface area contributed by atoms with Crippen molar-refractivity contribution >= 4 is 24.4 Å². The SMILES string of the molecule is O=C(O)c1cccc(C=NCCCNCCCN=Cc2cccc(C(=O)O)c2[O-])c1[O-].[Mn+2]. The molecule has 0 aliphatic rings. The Morgan fingerprint density at radius 2 is 1.22 bits per heavy atom. The second-order valence-corrected chi connectivity index (χ2v) is 6.59. The van der Waals surface area contributed by atoms with Gasteiger partial charge < -0.3 is 25.7 Å². The number of carboxylic acid groups (broad SMARTS) is 2. The summed E-state index contributed by atoms with van der Waals surface area (Å²) in [5.41, 5.74) is -0.0367. The van der Waals surface area contributed by atoms with Crippen molar-refractivity contribution in [2.75, 3.05) is 26.2 Å². The molecular weight excluding hydrogens is 457 g/mol. The van der Waals surface area contributed by atoms with Crippen molar-refractivity contribution in [3.63, 3.8) is 0 Å². The second-order valence-electron chi connectivity index (χ2n) is 6.59. The first-order valence-corrected chi connectivity index (χ1v) is 9.69. The van der Waals surface area contributed by atoms with Crippen molar-refractivity contribution in [1.82, 2.24) is 5.32 Å². The number of rotatable bonds is 12. The Kier molecular flexibility index (Phi) is 11.7. The molecule has 0 atom stereocenters. The molecular formula is C22H23MnN3O6. The molecule has 3 N–H and O–H groups in total. The van der Waals surface area contributed by atoms with Crippen LogP contribution >= 0.6 is 0 Å². The van der Waals surface area contributed by atoms with Crippen LogP contribution < -0.4 is 15.5 Å². The third-order valence-corrected chi connectivity index (χ3v) is 4.29. The average Bonchev–Trinajstić information content (AvgIpc) is 2.73. The van der Waals surface area contributed by atoms with E-state index in [1.165, 1.54) is 48.8 Å². The van der Waals surface area contributed by atoms with E-state index >= 15 is 0 Å². The van der Waals surface area contributed by atoms with E-state index in [1.807, 2.05) is 0 Å². The molecule has 0 bridgehead atoms. The number of para-hydroxylation sites is 2. The Balaban J connectivity index is 0.00000512. The number of nitrogens with zero attached hydrogens (tertiary/aromatic N) is 2. The van der Waals surface area contributed by atoms with E-state index in [9.17, 15) is 19.8 Å². The number of aromatic carboxylic acids is 2. The third-order valence-electron chi connectivity index (χ3n) is 4.29. The summed E-state index contributed by atoms with van der Waals surface area (Å²) in [7, 11) is 0. The standard InChI is InChI=1S/C22H25N3O6.Mn/c26-19-15(5-1-7-17(19)21(28)29)13-24-11-3-9-23-10-4-12-25-14-16-6-2-8-18(20(16)27)22(30)31;/h1-2,5-8,13-14,23,26-27H,3-4,9-12H2,(H,28,29)(H,30,31);/q;+2/p-2. The molecule has 169 valence electrons. The molecule has 32 heavy (non-hydrogen) atoms. The Morgan fingerprint density at radius 3 is 1.59 bits per heavy atom. The van der Waals surface area contributed by atoms with Crippen LogP contribution in [0.25, 0.3) is 0 Å². The molecule has 0 saturated heterocycles. The fourth-order valence-electron chi connectivity index (χ4n) is 2.69. The number of hydrogen-bond acceptors (Lipinski definition) is 7. The predicted molar refractivity (Wildman–Crippen MR) is 113 cm³/mol. The van der Waals surface area contributed by atoms with Gasteiger partial charge in [-0.15, -0.1) is 0 Å². The fourth-order valence-corrected chi connectivity index (χ4v) is 2.69. The number of hydrogen-bond donors (Lipinski definition) is 3. The van der Waals surface area contributed by atoms with E-state index in [0.29, 0.717) is 26.2 Å². The van der Waals surface area contributed by atoms with Gasteiger partial charge in [0.1, 0.15) is 0 Å². The largest absolute Gasteiger partial charge is 2.00 e. The van der Waals surface area contributed by atoms with Crippen LogP contribution in [0.1, 0.15) is 44.7 Å². The topological polar surface area (TPSA) is 157 Å². The minimum absolute atomic E-state index is 0. The first-order valence-electron chi connectivity index (χ1n) is 9.69. The summed E-state index contributed by atoms with van der Waals surface area (Å²) in [5, 5.41) is 44.9. The first kappa shape index (κ1) is 26.8. The van der Waals surface area contributed by atoms with E-state index in [4.69, 9.17) is 10.2 Å². The van der Waals surface area contributed by atoms with Crippen molar-refractivity contribution in [1.29, 1.82) is 0 Å². The molecule has 0 amide bonds. The zero-order valence-electron chi connectivity index (χ0n) is 17.2. The second kappa shape index (κ2) is 14.0. The number of benzene rings is 2. The maximum absolute atomic E-state index is 11.9. The van der Waals surface area contributed by atoms with Gasteiger partial charge in [-0.2, -0.15) is 0 Å². The number of carbonyl (C=O) groups is 2. The average molecular weight is 480 g/mol. The van der Waals surface area contributed by atoms with Crippen LogP contribution in [0.2, 0.25) is 0 Å². The van der Waals surface area contributed by atoms with Gasteiger partial charge in [0.15, 0.2) is 0 Å². The van der Waals surface area contributed by atoms with Gasteiger partial charge in [-0.25, -0.2) is 9.59 Å². The molecule has 2 aromatic carbocycles. The van der Waals surface area contributed by atoms with Crippen LogP contribution in [-0.2, 0) is 17.1 Å². The molecule has 10 heteroatoms. The first-order chi connectivity index (χ1) is 14.9. The summed E-state index contributed by atoms with van der Waals surface area (Å²) in [6.45, 7) is 2.42. The molecule has 0 heterocycles. The molecule has 9 nitrogen and oxygen atoms in total. The molecule has 0 aliphatic heterocycles. The zero-order valence-corrected chi connectivity index (χ0v) is 18.3. The van der Waals surface area contributed by atoms with E-state index in [1.54, 1.807) is 0 Å². The Labute approximate surface area is 196 Å². The molecule has 1 radical (unpaired) electrons. The Bertz CT molecular complexity index is 901. The van der Waals surface area contributed by atoms with Gasteiger partial charge in [0.05, 0.1) is 11.1 Å². The number of aliphatic imine (C=N–C) groups is 2. The van der Waals surface area contributed by atoms with E-state index in [-0.39, 0.29) is 39.3 Å². The summed E-state index contributed by atoms with van der Waals surface area (Å²) in [6, 6.07) is 8.62. The van der Waals surface area contributed by atoms with Crippen LogP contribution in [-0.4, -0.2) is 60.8 Å². The van der Waals surface area contributed by atoms with E-state index < -0.39 is 23.4 Å². The molecule has 0 saturated carbocycles. The summed E-state index contributed by atoms with van der Waals surface area (Å²) in [5.74, 6) is -3.60.